The maximum absolute atomic E-state index is 2.60. The van der Waals surface area contributed by atoms with Gasteiger partial charge < -0.3 is 9.47 Å². The monoisotopic (exact) mass is 848 g/mol. The maximum atomic E-state index is 2.60. The number of hydrogen-bond donors (Lipinski definition) is 0. The van der Waals surface area contributed by atoms with Gasteiger partial charge in [-0.1, -0.05) is 202 Å². The summed E-state index contributed by atoms with van der Waals surface area (Å²) in [4.78, 5) is 5.23. The Morgan fingerprint density at radius 3 is 1.69 bits per heavy atom. The molecule has 10 aromatic carbocycles. The number of anilines is 3. The lowest BCUT2D eigenvalue weighted by Crippen LogP contribution is -2.31. The van der Waals surface area contributed by atoms with Gasteiger partial charge in [-0.25, -0.2) is 0 Å². The van der Waals surface area contributed by atoms with Crippen LogP contribution in [-0.2, 0) is 10.8 Å². The standard InChI is InChI=1S/C62H44N2S/c1-61(2)53-33-17-20-36-58(53)65-59-38-37-43(39-54(59)61)63(57-40-49-47-28-13-18-34-55(47)64(42-23-7-4-8-24-42)60(49)48-29-10-9-27-46(48)57)56-35-19-16-32-52(56)62(41-21-5-3-6-22-41)50-30-14-11-25-44(50)45-26-12-15-31-51(45)62/h3-40H,1-2H3. The lowest BCUT2D eigenvalue weighted by atomic mass is 9.67. The maximum Gasteiger partial charge on any atom is 0.0733 e. The molecule has 1 aliphatic heterocycles. The van der Waals surface area contributed by atoms with Gasteiger partial charge in [-0.15, -0.1) is 0 Å². The first-order chi connectivity index (χ1) is 32.0. The molecule has 65 heavy (non-hydrogen) atoms. The molecule has 0 bridgehead atoms. The van der Waals surface area contributed by atoms with E-state index in [1.54, 1.807) is 0 Å². The molecule has 1 aromatic heterocycles. The third-order valence-corrected chi connectivity index (χ3v) is 15.4. The molecule has 11 aromatic rings. The van der Waals surface area contributed by atoms with Crippen LogP contribution >= 0.6 is 11.8 Å². The van der Waals surface area contributed by atoms with Crippen molar-refractivity contribution in [3.63, 3.8) is 0 Å². The Morgan fingerprint density at radius 1 is 0.400 bits per heavy atom. The highest BCUT2D eigenvalue weighted by Crippen LogP contribution is 2.60. The Balaban J connectivity index is 1.17. The molecule has 308 valence electrons. The zero-order valence-electron chi connectivity index (χ0n) is 36.2. The minimum atomic E-state index is -0.616. The van der Waals surface area contributed by atoms with Crippen LogP contribution in [0.2, 0.25) is 0 Å². The molecule has 2 aliphatic rings. The zero-order chi connectivity index (χ0) is 43.3. The highest BCUT2D eigenvalue weighted by atomic mass is 32.2. The van der Waals surface area contributed by atoms with E-state index in [2.05, 4.69) is 254 Å². The fourth-order valence-electron chi connectivity index (χ4n) is 11.5. The number of nitrogens with zero attached hydrogens (tertiary/aromatic N) is 2. The van der Waals surface area contributed by atoms with E-state index < -0.39 is 5.41 Å². The summed E-state index contributed by atoms with van der Waals surface area (Å²) in [6.07, 6.45) is 0. The van der Waals surface area contributed by atoms with Gasteiger partial charge in [0.2, 0.25) is 0 Å². The van der Waals surface area contributed by atoms with Crippen molar-refractivity contribution < 1.29 is 0 Å². The predicted molar refractivity (Wildman–Crippen MR) is 273 cm³/mol. The van der Waals surface area contributed by atoms with Crippen LogP contribution in [0.25, 0.3) is 49.4 Å². The Labute approximate surface area is 384 Å². The molecule has 0 saturated carbocycles. The van der Waals surface area contributed by atoms with Gasteiger partial charge in [-0.2, -0.15) is 0 Å². The second-order valence-electron chi connectivity index (χ2n) is 18.0. The van der Waals surface area contributed by atoms with Gasteiger partial charge in [0.05, 0.1) is 27.8 Å². The second kappa shape index (κ2) is 14.5. The topological polar surface area (TPSA) is 8.17 Å². The van der Waals surface area contributed by atoms with Crippen LogP contribution in [-0.4, -0.2) is 4.57 Å². The van der Waals surface area contributed by atoms with Crippen molar-refractivity contribution in [2.45, 2.75) is 34.5 Å². The Bertz CT molecular complexity index is 3630. The van der Waals surface area contributed by atoms with E-state index in [0.717, 1.165) is 22.7 Å². The van der Waals surface area contributed by atoms with Gasteiger partial charge in [-0.3, -0.25) is 0 Å². The summed E-state index contributed by atoms with van der Waals surface area (Å²) in [5, 5.41) is 4.84. The molecular weight excluding hydrogens is 805 g/mol. The molecule has 0 saturated heterocycles. The quantitative estimate of drug-likeness (QED) is 0.165. The summed E-state index contributed by atoms with van der Waals surface area (Å²) in [6.45, 7) is 4.78. The number of rotatable bonds is 6. The fraction of sp³-hybridized carbons (Fsp3) is 0.0645. The first kappa shape index (κ1) is 37.9. The highest BCUT2D eigenvalue weighted by molar-refractivity contribution is 7.99. The van der Waals surface area contributed by atoms with Gasteiger partial charge in [0.1, 0.15) is 0 Å². The van der Waals surface area contributed by atoms with E-state index in [9.17, 15) is 0 Å². The summed E-state index contributed by atoms with van der Waals surface area (Å²) in [5.74, 6) is 0. The molecule has 13 rings (SSSR count). The van der Waals surface area contributed by atoms with Crippen molar-refractivity contribution in [2.24, 2.45) is 0 Å². The minimum Gasteiger partial charge on any atom is -0.310 e. The molecule has 0 radical (unpaired) electrons. The van der Waals surface area contributed by atoms with Gasteiger partial charge in [0.15, 0.2) is 0 Å². The van der Waals surface area contributed by atoms with E-state index in [0.29, 0.717) is 0 Å². The molecule has 1 aliphatic carbocycles. The van der Waals surface area contributed by atoms with Gasteiger partial charge >= 0.3 is 0 Å². The molecular formula is C62H44N2S. The lowest BCUT2D eigenvalue weighted by molar-refractivity contribution is 0.607. The van der Waals surface area contributed by atoms with E-state index in [1.165, 1.54) is 86.9 Å². The third-order valence-electron chi connectivity index (χ3n) is 14.3. The molecule has 0 atom stereocenters. The number of para-hydroxylation sites is 3. The van der Waals surface area contributed by atoms with Crippen LogP contribution in [0.4, 0.5) is 17.1 Å². The van der Waals surface area contributed by atoms with Crippen LogP contribution < -0.4 is 4.90 Å². The summed E-state index contributed by atoms with van der Waals surface area (Å²) >= 11 is 1.89. The Hall–Kier alpha value is -7.59. The summed E-state index contributed by atoms with van der Waals surface area (Å²) in [5.41, 5.74) is 16.5. The number of hydrogen-bond acceptors (Lipinski definition) is 2. The summed E-state index contributed by atoms with van der Waals surface area (Å²) in [6, 6.07) is 86.0. The zero-order valence-corrected chi connectivity index (χ0v) is 37.1. The molecule has 2 heterocycles. The van der Waals surface area contributed by atoms with Crippen molar-refractivity contribution in [2.75, 3.05) is 4.90 Å². The third kappa shape index (κ3) is 5.43. The van der Waals surface area contributed by atoms with E-state index in [-0.39, 0.29) is 5.41 Å². The van der Waals surface area contributed by atoms with Crippen LogP contribution in [0.15, 0.2) is 240 Å². The number of benzene rings is 10. The second-order valence-corrected chi connectivity index (χ2v) is 19.1. The molecule has 0 N–H and O–H groups in total. The highest BCUT2D eigenvalue weighted by Gasteiger charge is 2.48. The average Bonchev–Trinajstić information content (AvgIpc) is 3.86. The first-order valence-corrected chi connectivity index (χ1v) is 23.4. The Kier molecular flexibility index (Phi) is 8.44. The number of aromatic nitrogens is 1. The van der Waals surface area contributed by atoms with Crippen LogP contribution in [0, 0.1) is 0 Å². The Morgan fingerprint density at radius 2 is 0.954 bits per heavy atom. The van der Waals surface area contributed by atoms with Crippen molar-refractivity contribution in [1.29, 1.82) is 0 Å². The smallest absolute Gasteiger partial charge is 0.0733 e. The fourth-order valence-corrected chi connectivity index (χ4v) is 12.9. The molecule has 0 spiro atoms. The van der Waals surface area contributed by atoms with Crippen molar-refractivity contribution in [1.82, 2.24) is 4.57 Å². The van der Waals surface area contributed by atoms with Crippen LogP contribution in [0.5, 0.6) is 0 Å². The van der Waals surface area contributed by atoms with Gasteiger partial charge in [0.25, 0.3) is 0 Å². The van der Waals surface area contributed by atoms with E-state index in [4.69, 9.17) is 0 Å². The normalized spacial score (nSPS) is 14.2. The van der Waals surface area contributed by atoms with Crippen LogP contribution in [0.1, 0.15) is 47.2 Å². The molecule has 0 amide bonds. The first-order valence-electron chi connectivity index (χ1n) is 22.6. The van der Waals surface area contributed by atoms with Crippen molar-refractivity contribution in [3.8, 4) is 16.8 Å². The summed E-state index contributed by atoms with van der Waals surface area (Å²) in [7, 11) is 0. The SMILES string of the molecule is CC1(C)c2ccccc2Sc2ccc(N(c3ccccc3C3(c4ccccc4)c4ccccc4-c4ccccc43)c3cc4c5ccccc5n(-c5ccccc5)c4c4ccccc34)cc21. The van der Waals surface area contributed by atoms with Crippen molar-refractivity contribution >= 4 is 61.4 Å². The lowest BCUT2D eigenvalue weighted by Gasteiger charge is -2.39. The molecule has 3 heteroatoms. The molecule has 0 unspecified atom stereocenters. The molecule has 0 fully saturated rings. The van der Waals surface area contributed by atoms with Gasteiger partial charge in [0, 0.05) is 48.1 Å². The predicted octanol–water partition coefficient (Wildman–Crippen LogP) is 16.6. The average molecular weight is 849 g/mol. The van der Waals surface area contributed by atoms with Crippen LogP contribution in [0.3, 0.4) is 0 Å². The van der Waals surface area contributed by atoms with Gasteiger partial charge in [-0.05, 0) is 99.1 Å². The van der Waals surface area contributed by atoms with E-state index in [1.807, 2.05) is 11.8 Å². The summed E-state index contributed by atoms with van der Waals surface area (Å²) < 4.78 is 2.46. The largest absolute Gasteiger partial charge is 0.310 e. The van der Waals surface area contributed by atoms with Crippen molar-refractivity contribution in [3.05, 3.63) is 264 Å². The van der Waals surface area contributed by atoms with E-state index >= 15 is 0 Å². The molecule has 2 nitrogen and oxygen atoms in total. The number of fused-ring (bicyclic) bond motifs is 10. The minimum absolute atomic E-state index is 0.220.